The molecule has 0 aromatic carbocycles. The van der Waals surface area contributed by atoms with Crippen LogP contribution in [-0.2, 0) is 209 Å². The first-order chi connectivity index (χ1) is 58.4. The van der Waals surface area contributed by atoms with Gasteiger partial charge in [0.05, 0.1) is 103 Å². The second-order valence-electron chi connectivity index (χ2n) is 35.2. The summed E-state index contributed by atoms with van der Waals surface area (Å²) in [6, 6.07) is -4.19. The van der Waals surface area contributed by atoms with E-state index >= 15 is 0 Å². The number of hydrogen-bond donors (Lipinski definition) is 20. The third kappa shape index (κ3) is 25.1. The van der Waals surface area contributed by atoms with Crippen LogP contribution in [0, 0.1) is 41.9 Å². The van der Waals surface area contributed by atoms with Crippen LogP contribution < -0.4 is 40.1 Å². The number of aliphatic hydroxyl groups excluding tert-OH is 13. The van der Waals surface area contributed by atoms with E-state index < -0.39 is 293 Å². The molecular weight excluding hydrogens is 2030 g/mol. The molecule has 20 unspecified atom stereocenters. The summed E-state index contributed by atoms with van der Waals surface area (Å²) in [4.78, 5) is 0. The van der Waals surface area contributed by atoms with Crippen LogP contribution in [0.25, 0.3) is 0 Å². The molecule has 124 heavy (non-hydrogen) atoms. The fourth-order valence-corrected chi connectivity index (χ4v) is 18.7. The number of aliphatic hydroxyl groups is 13. The molecule has 701 valence electrons. The van der Waals surface area contributed by atoms with Gasteiger partial charge in [-0.3, -0.25) is 24.2 Å². The van der Waals surface area contributed by atoms with E-state index in [0.717, 1.165) is 56.3 Å². The third-order valence-electron chi connectivity index (χ3n) is 26.2. The normalized spacial score (nSPS) is 52.4. The van der Waals surface area contributed by atoms with Crippen LogP contribution in [0.5, 0.6) is 0 Å². The Balaban J connectivity index is 0.000000235. The summed E-state index contributed by atoms with van der Waals surface area (Å²) in [5.74, 6) is -0.677. The van der Waals surface area contributed by atoms with Gasteiger partial charge in [-0.25, -0.2) is 0 Å². The zero-order chi connectivity index (χ0) is 89.3. The molecule has 46 heteroatoms. The number of ether oxygens (including phenoxy) is 19. The van der Waals surface area contributed by atoms with Gasteiger partial charge in [-0.1, -0.05) is 53.0 Å². The fourth-order valence-electron chi connectivity index (χ4n) is 18.7. The number of nitrogens with two attached hydrogens (primary N) is 7. The number of rotatable bonds is 18. The Morgan fingerprint density at radius 2 is 0.661 bits per heavy atom. The number of fused-ring (bicyclic) bond motifs is 3. The molecule has 11 saturated heterocycles. The van der Waals surface area contributed by atoms with Gasteiger partial charge < -0.3 is 197 Å². The largest absolute Gasteiger partial charge is 0.420 e. The first-order valence-electron chi connectivity index (χ1n) is 44.4. The van der Waals surface area contributed by atoms with Crippen molar-refractivity contribution < 1.29 is 280 Å². The molecule has 11 heterocycles. The van der Waals surface area contributed by atoms with Crippen molar-refractivity contribution in [3.8, 4) is 0 Å². The van der Waals surface area contributed by atoms with Crippen molar-refractivity contribution in [3.05, 3.63) is 24.2 Å². The van der Waals surface area contributed by atoms with Crippen LogP contribution >= 0.6 is 0 Å². The Hall–Kier alpha value is 2.63. The van der Waals surface area contributed by atoms with Gasteiger partial charge in [0.1, 0.15) is 97.7 Å². The van der Waals surface area contributed by atoms with Crippen LogP contribution in [0.3, 0.4) is 0 Å². The average Bonchev–Trinajstić information content (AvgIpc) is 1.77. The summed E-state index contributed by atoms with van der Waals surface area (Å²) in [6.07, 6.45) is -34.4. The van der Waals surface area contributed by atoms with Gasteiger partial charge in [0.25, 0.3) is 0 Å². The molecule has 14 rings (SSSR count). The van der Waals surface area contributed by atoms with Crippen molar-refractivity contribution in [1.29, 1.82) is 0 Å². The third-order valence-corrected chi connectivity index (χ3v) is 26.2. The quantitative estimate of drug-likeness (QED) is 0.0448. The van der Waals surface area contributed by atoms with E-state index in [1.54, 1.807) is 13.8 Å². The second kappa shape index (κ2) is 49.5. The van der Waals surface area contributed by atoms with E-state index in [2.05, 4.69) is 0 Å². The van der Waals surface area contributed by atoms with Crippen molar-refractivity contribution in [2.75, 3.05) is 32.9 Å². The molecule has 11 aliphatic heterocycles. The molecule has 14 aliphatic rings. The van der Waals surface area contributed by atoms with Gasteiger partial charge in [0.2, 0.25) is 0 Å². The molecular formula is C78H134B3N7O32WY3-4. The monoisotopic (exact) mass is 2170 g/mol. The standard InChI is InChI=1S/2C28H49BN3O12.C22H36BNO8.W.3Y/c2*1-9-5-4-6-38-24-18(35)14(29)26(41-21(9)24)43-23-12(31)7-10(2)16(33)25(23)44-28-20(37)22(11(3)39-28)42-27-15(32)19(36)17(34)13(8-30)40-27;1-9-5-4-6-28-19-16(27)14(23)22(30-17(9)19)31-18-12(24)7-10(2)15(26)20(18)32-21-13(25)8-11(3)29-21;;;;/h2*10-28,33-37H,4-8,30-32H2,1-3H3;8,10-22,25-27H,4-7,24H2,1-3H3;;;;/q2*-1;-2;;;;/t10-,11-,12?,13?,14?,15?,16?,17-,18-,19?,20?,21?,22+,23-,24+,25-,26-,27-,28+;10-,11-,12?,13+,14?,15?,16?,17-,18-,19?,20?,21?,22+,23-,24+,25-,26-,27-,28+;10-,11-,12?,13?,14?,15?,16-,17?,18-,19+,20-,21+,22-;;;;/m111..../s1/i3*3D;;;;. The Bertz CT molecular complexity index is 3090. The minimum Gasteiger partial charge on any atom is -0.420 e. The molecule has 0 aromatic heterocycles. The predicted octanol–water partition coefficient (Wildman–Crippen LogP) is -7.35. The summed E-state index contributed by atoms with van der Waals surface area (Å²) >= 11 is 0. The Morgan fingerprint density at radius 3 is 0.952 bits per heavy atom. The summed E-state index contributed by atoms with van der Waals surface area (Å²) in [5.41, 5.74) is 42.9. The Morgan fingerprint density at radius 1 is 0.363 bits per heavy atom. The Labute approximate surface area is 824 Å². The van der Waals surface area contributed by atoms with E-state index in [4.69, 9.17) is 158 Å². The van der Waals surface area contributed by atoms with E-state index in [-0.39, 0.29) is 171 Å². The van der Waals surface area contributed by atoms with Crippen molar-refractivity contribution in [1.82, 2.24) is 0 Å². The van der Waals surface area contributed by atoms with Crippen LogP contribution in [-0.4, -0.2) is 399 Å². The maximum Gasteiger partial charge on any atom is 0.187 e. The topological polar surface area (TPSA) is 621 Å². The zero-order valence-corrected chi connectivity index (χ0v) is 82.5. The van der Waals surface area contributed by atoms with Crippen LogP contribution in [0.15, 0.2) is 0 Å². The van der Waals surface area contributed by atoms with Gasteiger partial charge >= 0.3 is 0 Å². The van der Waals surface area contributed by atoms with E-state index in [1.807, 2.05) is 27.7 Å². The molecule has 3 saturated carbocycles. The maximum absolute atomic E-state index is 11.3. The molecule has 51 atom stereocenters. The zero-order valence-electron chi connectivity index (χ0n) is 74.0. The van der Waals surface area contributed by atoms with Crippen LogP contribution in [0.1, 0.15) is 124 Å². The van der Waals surface area contributed by atoms with Gasteiger partial charge in [-0.05, 0) is 75.2 Å². The predicted molar refractivity (Wildman–Crippen MR) is 419 cm³/mol. The molecule has 0 amide bonds. The summed E-state index contributed by atoms with van der Waals surface area (Å²) in [7, 11) is 19.0. The van der Waals surface area contributed by atoms with E-state index in [0.29, 0.717) is 39.1 Å². The fraction of sp³-hybridized carbons (Fsp3) is 0.949. The van der Waals surface area contributed by atoms with Crippen molar-refractivity contribution >= 4 is 23.5 Å². The van der Waals surface area contributed by atoms with Crippen molar-refractivity contribution in [2.45, 2.75) is 413 Å². The average molecular weight is 2170 g/mol. The summed E-state index contributed by atoms with van der Waals surface area (Å²) < 4.78 is 137. The smallest absolute Gasteiger partial charge is 0.187 e. The van der Waals surface area contributed by atoms with Gasteiger partial charge in [-0.15, -0.1) is 0 Å². The van der Waals surface area contributed by atoms with Crippen molar-refractivity contribution in [2.24, 2.45) is 57.9 Å². The van der Waals surface area contributed by atoms with E-state index in [9.17, 15) is 66.4 Å². The SMILES string of the molecule is [2H]C[C@@H]1[CH-]C(O)[C@H](O[C@@H]2C(O)[C@H](C)CC(N)[C@H]2O[C@H]2OC3[C-](C)CCCO[C@H]3[C@H](O)C2[B])O1.[2H]C[C@H]1O[C@@H](O[C@@H]2C(O)[C@H](C)CC(N)[C@H]2O[C@H]2OC3[C-](C)CCCO[C@H]3[C@H](O)C2[B])C(O)[C@H]1O[C@H]1OC(CN)[C@@H](O)C(O)C1N.[2H]C[C@H]1O[C@@H](O[C@@H]2C(O)[C@H](C)CC(N)[C@H]2O[C@H]2OC3[C-](C)CCCO[C@H]3[C@H](O)C2[B])C(O)[C@H]1O[C@H]1O[C@@H](CN)[C@@H](O)C(O)C1N.[W].[Y].[Y].[Y]. The molecule has 0 bridgehead atoms. The summed E-state index contributed by atoms with van der Waals surface area (Å²) in [5, 5.41) is 140. The maximum atomic E-state index is 11.3. The summed E-state index contributed by atoms with van der Waals surface area (Å²) in [6.45, 7) is 11.7. The minimum atomic E-state index is -1.49. The molecule has 0 aromatic rings. The first kappa shape index (κ1) is 107. The first-order valence-corrected chi connectivity index (χ1v) is 42.3. The van der Waals surface area contributed by atoms with Crippen molar-refractivity contribution in [3.63, 3.8) is 0 Å². The molecule has 27 N–H and O–H groups in total. The molecule has 39 nitrogen and oxygen atoms in total. The number of hydrogen-bond acceptors (Lipinski definition) is 39. The Kier molecular flexibility index (Phi) is 42.7. The minimum absolute atomic E-state index is 0. The van der Waals surface area contributed by atoms with Crippen LogP contribution in [0.4, 0.5) is 0 Å². The molecule has 3 aliphatic carbocycles. The van der Waals surface area contributed by atoms with E-state index in [1.165, 1.54) is 6.42 Å². The molecule has 14 fully saturated rings. The van der Waals surface area contributed by atoms with Gasteiger partial charge in [0.15, 0.2) is 50.3 Å². The second-order valence-corrected chi connectivity index (χ2v) is 35.2. The molecule has 9 radical (unpaired) electrons. The van der Waals surface area contributed by atoms with Gasteiger partial charge in [0, 0.05) is 192 Å². The molecule has 0 spiro atoms. The van der Waals surface area contributed by atoms with Crippen LogP contribution in [0.2, 0.25) is 17.5 Å². The van der Waals surface area contributed by atoms with Gasteiger partial charge in [-0.2, -0.15) is 40.0 Å².